The van der Waals surface area contributed by atoms with Gasteiger partial charge in [-0.25, -0.2) is 8.42 Å². The summed E-state index contributed by atoms with van der Waals surface area (Å²) < 4.78 is 36.9. The first-order valence-electron chi connectivity index (χ1n) is 12.8. The van der Waals surface area contributed by atoms with E-state index in [-0.39, 0.29) is 11.3 Å². The van der Waals surface area contributed by atoms with Crippen molar-refractivity contribution >= 4 is 43.4 Å². The molecule has 200 valence electrons. The van der Waals surface area contributed by atoms with Crippen LogP contribution in [-0.4, -0.2) is 32.0 Å². The average molecular weight is 542 g/mol. The van der Waals surface area contributed by atoms with E-state index in [1.54, 1.807) is 13.0 Å². The van der Waals surface area contributed by atoms with Crippen LogP contribution in [0.15, 0.2) is 95.9 Å². The van der Waals surface area contributed by atoms with E-state index < -0.39 is 22.0 Å². The second kappa shape index (κ2) is 10.9. The van der Waals surface area contributed by atoms with Crippen LogP contribution in [0, 0.1) is 6.92 Å². The molecule has 0 aliphatic carbocycles. The number of benzene rings is 4. The number of aromatic nitrogens is 1. The van der Waals surface area contributed by atoms with Crippen LogP contribution < -0.4 is 14.8 Å². The summed E-state index contributed by atoms with van der Waals surface area (Å²) in [5.41, 5.74) is 4.33. The van der Waals surface area contributed by atoms with Crippen molar-refractivity contribution in [3.63, 3.8) is 0 Å². The number of ether oxygens (including phenoxy) is 1. The van der Waals surface area contributed by atoms with Crippen molar-refractivity contribution in [2.24, 2.45) is 0 Å². The molecule has 0 fully saturated rings. The highest BCUT2D eigenvalue weighted by atomic mass is 32.2. The van der Waals surface area contributed by atoms with Crippen molar-refractivity contribution in [2.45, 2.75) is 37.8 Å². The van der Waals surface area contributed by atoms with Crippen LogP contribution >= 0.6 is 0 Å². The molecule has 1 heterocycles. The molecule has 1 amide bonds. The van der Waals surface area contributed by atoms with E-state index in [9.17, 15) is 13.2 Å². The molecule has 0 radical (unpaired) electrons. The predicted molar refractivity (Wildman–Crippen MR) is 156 cm³/mol. The number of hydrogen-bond acceptors (Lipinski definition) is 4. The van der Waals surface area contributed by atoms with Gasteiger partial charge in [0.2, 0.25) is 15.9 Å². The molecule has 4 aromatic carbocycles. The molecule has 0 bridgehead atoms. The van der Waals surface area contributed by atoms with Crippen LogP contribution in [0.5, 0.6) is 5.75 Å². The number of amides is 1. The van der Waals surface area contributed by atoms with Crippen LogP contribution in [0.2, 0.25) is 0 Å². The lowest BCUT2D eigenvalue weighted by Crippen LogP contribution is -2.45. The highest BCUT2D eigenvalue weighted by molar-refractivity contribution is 7.89. The SMILES string of the molecule is CCn1c2ccccc2c2cc(NC(=O)[C@@H](Cc3ccccc3)NS(=O)(=O)c3ccc(OC)c(C)c3)ccc21. The second-order valence-electron chi connectivity index (χ2n) is 9.48. The number of carbonyl (C=O) groups is 1. The Morgan fingerprint density at radius 3 is 2.33 bits per heavy atom. The van der Waals surface area contributed by atoms with Gasteiger partial charge in [0.15, 0.2) is 0 Å². The smallest absolute Gasteiger partial charge is 0.242 e. The molecule has 1 atom stereocenters. The number of nitrogens with one attached hydrogen (secondary N) is 2. The van der Waals surface area contributed by atoms with E-state index in [2.05, 4.69) is 33.7 Å². The lowest BCUT2D eigenvalue weighted by Gasteiger charge is -2.19. The van der Waals surface area contributed by atoms with Crippen LogP contribution in [0.4, 0.5) is 5.69 Å². The topological polar surface area (TPSA) is 89.4 Å². The van der Waals surface area contributed by atoms with E-state index in [4.69, 9.17) is 4.74 Å². The number of aryl methyl sites for hydroxylation is 2. The fourth-order valence-electron chi connectivity index (χ4n) is 5.01. The Bertz CT molecular complexity index is 1760. The monoisotopic (exact) mass is 541 g/mol. The molecule has 1 aromatic heterocycles. The van der Waals surface area contributed by atoms with E-state index >= 15 is 0 Å². The van der Waals surface area contributed by atoms with Gasteiger partial charge in [0, 0.05) is 34.0 Å². The normalized spacial score (nSPS) is 12.5. The Hall–Kier alpha value is -4.14. The molecule has 0 aliphatic rings. The van der Waals surface area contributed by atoms with E-state index in [0.717, 1.165) is 33.9 Å². The quantitative estimate of drug-likeness (QED) is 0.252. The minimum Gasteiger partial charge on any atom is -0.496 e. The highest BCUT2D eigenvalue weighted by Crippen LogP contribution is 2.31. The van der Waals surface area contributed by atoms with Crippen LogP contribution in [-0.2, 0) is 27.8 Å². The number of methoxy groups -OCH3 is 1. The van der Waals surface area contributed by atoms with Gasteiger partial charge in [0.05, 0.1) is 12.0 Å². The summed E-state index contributed by atoms with van der Waals surface area (Å²) >= 11 is 0. The van der Waals surface area contributed by atoms with Crippen molar-refractivity contribution in [1.29, 1.82) is 0 Å². The summed E-state index contributed by atoms with van der Waals surface area (Å²) in [4.78, 5) is 13.7. The molecule has 5 rings (SSSR count). The van der Waals surface area contributed by atoms with Gasteiger partial charge in [-0.05, 0) is 73.9 Å². The standard InChI is InChI=1S/C31H31N3O4S/c1-4-34-28-13-9-8-12-25(28)26-20-23(14-16-29(26)34)32-31(35)27(19-22-10-6-5-7-11-22)33-39(36,37)24-15-17-30(38-3)21(2)18-24/h5-18,20,27,33H,4,19H2,1-3H3,(H,32,35)/t27-/m1/s1. The van der Waals surface area contributed by atoms with Crippen molar-refractivity contribution < 1.29 is 17.9 Å². The zero-order chi connectivity index (χ0) is 27.6. The lowest BCUT2D eigenvalue weighted by molar-refractivity contribution is -0.117. The summed E-state index contributed by atoms with van der Waals surface area (Å²) in [6.45, 7) is 4.70. The minimum atomic E-state index is -4.00. The third-order valence-electron chi connectivity index (χ3n) is 6.93. The number of sulfonamides is 1. The lowest BCUT2D eigenvalue weighted by atomic mass is 10.1. The third kappa shape index (κ3) is 5.39. The molecule has 7 nitrogen and oxygen atoms in total. The highest BCUT2D eigenvalue weighted by Gasteiger charge is 2.27. The van der Waals surface area contributed by atoms with Gasteiger partial charge in [-0.2, -0.15) is 4.72 Å². The van der Waals surface area contributed by atoms with Gasteiger partial charge in [0.25, 0.3) is 0 Å². The summed E-state index contributed by atoms with van der Waals surface area (Å²) in [6, 6.07) is 26.9. The number of carbonyl (C=O) groups excluding carboxylic acids is 1. The van der Waals surface area contributed by atoms with Crippen molar-refractivity contribution in [2.75, 3.05) is 12.4 Å². The molecule has 0 saturated carbocycles. The molecule has 0 spiro atoms. The Morgan fingerprint density at radius 2 is 1.62 bits per heavy atom. The van der Waals surface area contributed by atoms with Crippen molar-refractivity contribution in [1.82, 2.24) is 9.29 Å². The third-order valence-corrected chi connectivity index (χ3v) is 8.40. The largest absolute Gasteiger partial charge is 0.496 e. The Balaban J connectivity index is 1.46. The maximum Gasteiger partial charge on any atom is 0.242 e. The van der Waals surface area contributed by atoms with Crippen LogP contribution in [0.3, 0.4) is 0 Å². The Morgan fingerprint density at radius 1 is 0.897 bits per heavy atom. The summed E-state index contributed by atoms with van der Waals surface area (Å²) in [5.74, 6) is 0.151. The zero-order valence-electron chi connectivity index (χ0n) is 22.1. The number of hydrogen-bond donors (Lipinski definition) is 2. The van der Waals surface area contributed by atoms with E-state index in [1.807, 2.05) is 60.7 Å². The number of rotatable bonds is 9. The molecule has 0 unspecified atom stereocenters. The maximum absolute atomic E-state index is 13.6. The summed E-state index contributed by atoms with van der Waals surface area (Å²) in [6.07, 6.45) is 0.193. The first-order chi connectivity index (χ1) is 18.8. The number of nitrogens with zero attached hydrogens (tertiary/aromatic N) is 1. The molecule has 0 aliphatic heterocycles. The van der Waals surface area contributed by atoms with Crippen molar-refractivity contribution in [3.8, 4) is 5.75 Å². The number of fused-ring (bicyclic) bond motifs is 3. The second-order valence-corrected chi connectivity index (χ2v) is 11.2. The molecule has 39 heavy (non-hydrogen) atoms. The first kappa shape index (κ1) is 26.5. The van der Waals surface area contributed by atoms with Gasteiger partial charge in [-0.3, -0.25) is 4.79 Å². The summed E-state index contributed by atoms with van der Waals surface area (Å²) in [5, 5.41) is 5.08. The van der Waals surface area contributed by atoms with E-state index in [1.165, 1.54) is 19.2 Å². The fraction of sp³-hybridized carbons (Fsp3) is 0.194. The van der Waals surface area contributed by atoms with Gasteiger partial charge in [-0.15, -0.1) is 0 Å². The maximum atomic E-state index is 13.6. The van der Waals surface area contributed by atoms with Gasteiger partial charge >= 0.3 is 0 Å². The van der Waals surface area contributed by atoms with Crippen molar-refractivity contribution in [3.05, 3.63) is 102 Å². The molecule has 8 heteroatoms. The Labute approximate surface area is 228 Å². The summed E-state index contributed by atoms with van der Waals surface area (Å²) in [7, 11) is -2.46. The zero-order valence-corrected chi connectivity index (χ0v) is 23.0. The fourth-order valence-corrected chi connectivity index (χ4v) is 6.29. The molecule has 5 aromatic rings. The first-order valence-corrected chi connectivity index (χ1v) is 14.3. The van der Waals surface area contributed by atoms with Crippen LogP contribution in [0.1, 0.15) is 18.1 Å². The van der Waals surface area contributed by atoms with Gasteiger partial charge in [0.1, 0.15) is 11.8 Å². The number of para-hydroxylation sites is 1. The molecule has 0 saturated heterocycles. The van der Waals surface area contributed by atoms with Gasteiger partial charge < -0.3 is 14.6 Å². The van der Waals surface area contributed by atoms with E-state index in [0.29, 0.717) is 17.0 Å². The van der Waals surface area contributed by atoms with Crippen LogP contribution in [0.25, 0.3) is 21.8 Å². The molecular weight excluding hydrogens is 510 g/mol. The number of anilines is 1. The molecular formula is C31H31N3O4S. The molecule has 2 N–H and O–H groups in total. The average Bonchev–Trinajstić information content (AvgIpc) is 3.26. The van der Waals surface area contributed by atoms with Gasteiger partial charge in [-0.1, -0.05) is 48.5 Å². The Kier molecular flexibility index (Phi) is 7.41. The minimum absolute atomic E-state index is 0.0699. The predicted octanol–water partition coefficient (Wildman–Crippen LogP) is 5.66.